The number of nitrogens with zero attached hydrogens (tertiary/aromatic N) is 1. The maximum atomic E-state index is 12.1. The number of hydrogen-bond acceptors (Lipinski definition) is 5. The van der Waals surface area contributed by atoms with Gasteiger partial charge in [0.25, 0.3) is 0 Å². The van der Waals surface area contributed by atoms with Crippen molar-refractivity contribution < 1.29 is 14.3 Å². The van der Waals surface area contributed by atoms with Crippen LogP contribution in [0.3, 0.4) is 0 Å². The molecule has 0 saturated carbocycles. The molecule has 2 aromatic carbocycles. The van der Waals surface area contributed by atoms with Gasteiger partial charge < -0.3 is 14.8 Å². The third-order valence-corrected chi connectivity index (χ3v) is 4.74. The molecule has 0 saturated heterocycles. The number of carbonyl (C=O) groups is 1. The van der Waals surface area contributed by atoms with Crippen molar-refractivity contribution in [3.8, 4) is 11.5 Å². The summed E-state index contributed by atoms with van der Waals surface area (Å²) in [5.74, 6) is 1.41. The van der Waals surface area contributed by atoms with Crippen LogP contribution in [0.2, 0.25) is 0 Å². The normalized spacial score (nSPS) is 10.6. The minimum absolute atomic E-state index is 0.126. The third-order valence-electron chi connectivity index (χ3n) is 3.31. The summed E-state index contributed by atoms with van der Waals surface area (Å²) in [6.07, 6.45) is 0.257. The molecule has 3 aromatic rings. The number of nitrogens with one attached hydrogen (secondary N) is 1. The van der Waals surface area contributed by atoms with Gasteiger partial charge in [-0.2, -0.15) is 0 Å². The van der Waals surface area contributed by atoms with Gasteiger partial charge in [0.2, 0.25) is 5.91 Å². The lowest BCUT2D eigenvalue weighted by Gasteiger charge is -2.06. The SMILES string of the molecule is CCOc1ccc2nc(NC(=O)CCOc3cccc(Br)c3)sc2c1. The van der Waals surface area contributed by atoms with Crippen LogP contribution in [-0.4, -0.2) is 24.1 Å². The van der Waals surface area contributed by atoms with Crippen LogP contribution in [-0.2, 0) is 4.79 Å². The van der Waals surface area contributed by atoms with Crippen molar-refractivity contribution in [2.24, 2.45) is 0 Å². The fourth-order valence-corrected chi connectivity index (χ4v) is 3.50. The minimum Gasteiger partial charge on any atom is -0.494 e. The second-order valence-electron chi connectivity index (χ2n) is 5.19. The molecule has 3 rings (SSSR count). The number of benzene rings is 2. The van der Waals surface area contributed by atoms with Crippen molar-refractivity contribution in [2.45, 2.75) is 13.3 Å². The topological polar surface area (TPSA) is 60.5 Å². The summed E-state index contributed by atoms with van der Waals surface area (Å²) in [5.41, 5.74) is 0.842. The van der Waals surface area contributed by atoms with E-state index in [0.29, 0.717) is 18.3 Å². The molecule has 1 N–H and O–H groups in total. The summed E-state index contributed by atoms with van der Waals surface area (Å²) in [6.45, 7) is 2.87. The number of anilines is 1. The van der Waals surface area contributed by atoms with Gasteiger partial charge in [-0.1, -0.05) is 33.3 Å². The van der Waals surface area contributed by atoms with Crippen molar-refractivity contribution in [3.63, 3.8) is 0 Å². The van der Waals surface area contributed by atoms with E-state index in [4.69, 9.17) is 9.47 Å². The Morgan fingerprint density at radius 2 is 2.04 bits per heavy atom. The summed E-state index contributed by atoms with van der Waals surface area (Å²) >= 11 is 4.81. The average molecular weight is 421 g/mol. The lowest BCUT2D eigenvalue weighted by Crippen LogP contribution is -2.15. The Bertz CT molecular complexity index is 882. The molecule has 0 aliphatic heterocycles. The third kappa shape index (κ3) is 4.93. The number of carbonyl (C=O) groups excluding carboxylic acids is 1. The van der Waals surface area contributed by atoms with Crippen molar-refractivity contribution in [1.82, 2.24) is 4.98 Å². The zero-order valence-electron chi connectivity index (χ0n) is 13.6. The molecular formula is C18H17BrN2O3S. The van der Waals surface area contributed by atoms with E-state index in [0.717, 1.165) is 26.2 Å². The molecule has 1 heterocycles. The first-order chi connectivity index (χ1) is 12.1. The van der Waals surface area contributed by atoms with Crippen molar-refractivity contribution in [2.75, 3.05) is 18.5 Å². The number of hydrogen-bond donors (Lipinski definition) is 1. The lowest BCUT2D eigenvalue weighted by molar-refractivity contribution is -0.116. The molecule has 130 valence electrons. The monoisotopic (exact) mass is 420 g/mol. The molecule has 0 aliphatic rings. The van der Waals surface area contributed by atoms with Gasteiger partial charge in [0.05, 0.1) is 29.9 Å². The molecule has 5 nitrogen and oxygen atoms in total. The fraction of sp³-hybridized carbons (Fsp3) is 0.222. The van der Waals surface area contributed by atoms with E-state index in [1.165, 1.54) is 11.3 Å². The predicted octanol–water partition coefficient (Wildman–Crippen LogP) is 4.87. The first-order valence-electron chi connectivity index (χ1n) is 7.85. The van der Waals surface area contributed by atoms with Crippen LogP contribution in [0.5, 0.6) is 11.5 Å². The largest absolute Gasteiger partial charge is 0.494 e. The predicted molar refractivity (Wildman–Crippen MR) is 104 cm³/mol. The van der Waals surface area contributed by atoms with Crippen LogP contribution >= 0.6 is 27.3 Å². The van der Waals surface area contributed by atoms with Crippen LogP contribution in [0.15, 0.2) is 46.9 Å². The van der Waals surface area contributed by atoms with E-state index >= 15 is 0 Å². The van der Waals surface area contributed by atoms with Gasteiger partial charge in [-0.3, -0.25) is 4.79 Å². The number of aromatic nitrogens is 1. The molecule has 0 spiro atoms. The molecule has 1 amide bonds. The molecular weight excluding hydrogens is 404 g/mol. The van der Waals surface area contributed by atoms with Gasteiger partial charge in [-0.25, -0.2) is 4.98 Å². The van der Waals surface area contributed by atoms with E-state index in [1.54, 1.807) is 0 Å². The Labute approximate surface area is 158 Å². The van der Waals surface area contributed by atoms with Crippen molar-refractivity contribution >= 4 is 48.5 Å². The van der Waals surface area contributed by atoms with Crippen molar-refractivity contribution in [3.05, 3.63) is 46.9 Å². The van der Waals surface area contributed by atoms with Gasteiger partial charge in [0.15, 0.2) is 5.13 Å². The lowest BCUT2D eigenvalue weighted by atomic mass is 10.3. The van der Waals surface area contributed by atoms with Gasteiger partial charge in [-0.15, -0.1) is 0 Å². The summed E-state index contributed by atoms with van der Waals surface area (Å²) in [5, 5.41) is 3.40. The smallest absolute Gasteiger partial charge is 0.229 e. The number of ether oxygens (including phenoxy) is 2. The highest BCUT2D eigenvalue weighted by Gasteiger charge is 2.09. The fourth-order valence-electron chi connectivity index (χ4n) is 2.21. The number of halogens is 1. The number of rotatable bonds is 7. The quantitative estimate of drug-likeness (QED) is 0.592. The maximum Gasteiger partial charge on any atom is 0.229 e. The highest BCUT2D eigenvalue weighted by atomic mass is 79.9. The first kappa shape index (κ1) is 17.7. The van der Waals surface area contributed by atoms with E-state index in [-0.39, 0.29) is 12.3 Å². The highest BCUT2D eigenvalue weighted by molar-refractivity contribution is 9.10. The molecule has 1 aromatic heterocycles. The Morgan fingerprint density at radius 1 is 1.20 bits per heavy atom. The van der Waals surface area contributed by atoms with Crippen molar-refractivity contribution in [1.29, 1.82) is 0 Å². The number of thiazole rings is 1. The average Bonchev–Trinajstić information content (AvgIpc) is 2.96. The molecule has 25 heavy (non-hydrogen) atoms. The molecule has 7 heteroatoms. The molecule has 0 bridgehead atoms. The molecule has 0 atom stereocenters. The van der Waals surface area contributed by atoms with Gasteiger partial charge >= 0.3 is 0 Å². The van der Waals surface area contributed by atoms with E-state index in [9.17, 15) is 4.79 Å². The number of fused-ring (bicyclic) bond motifs is 1. The minimum atomic E-state index is -0.126. The zero-order valence-corrected chi connectivity index (χ0v) is 16.0. The maximum absolute atomic E-state index is 12.1. The van der Waals surface area contributed by atoms with Crippen LogP contribution in [0.1, 0.15) is 13.3 Å². The Kier molecular flexibility index (Phi) is 5.88. The Morgan fingerprint density at radius 3 is 2.84 bits per heavy atom. The summed E-state index contributed by atoms with van der Waals surface area (Å²) in [4.78, 5) is 16.5. The van der Waals surface area contributed by atoms with Gasteiger partial charge in [0.1, 0.15) is 11.5 Å². The Hall–Kier alpha value is -2.12. The van der Waals surface area contributed by atoms with Crippen LogP contribution < -0.4 is 14.8 Å². The van der Waals surface area contributed by atoms with E-state index < -0.39 is 0 Å². The molecule has 0 radical (unpaired) electrons. The molecule has 0 unspecified atom stereocenters. The summed E-state index contributed by atoms with van der Waals surface area (Å²) in [6, 6.07) is 13.2. The summed E-state index contributed by atoms with van der Waals surface area (Å²) in [7, 11) is 0. The van der Waals surface area contributed by atoms with Gasteiger partial charge in [-0.05, 0) is 43.3 Å². The van der Waals surface area contributed by atoms with Gasteiger partial charge in [0, 0.05) is 4.47 Å². The summed E-state index contributed by atoms with van der Waals surface area (Å²) < 4.78 is 13.0. The van der Waals surface area contributed by atoms with E-state index in [1.807, 2.05) is 49.4 Å². The van der Waals surface area contributed by atoms with Crippen LogP contribution in [0.4, 0.5) is 5.13 Å². The standard InChI is InChI=1S/C18H17BrN2O3S/c1-2-23-14-6-7-15-16(11-14)25-18(20-15)21-17(22)8-9-24-13-5-3-4-12(19)10-13/h3-7,10-11H,2,8-9H2,1H3,(H,20,21,22). The highest BCUT2D eigenvalue weighted by Crippen LogP contribution is 2.29. The zero-order chi connectivity index (χ0) is 17.6. The first-order valence-corrected chi connectivity index (χ1v) is 9.46. The second kappa shape index (κ2) is 8.31. The van der Waals surface area contributed by atoms with Crippen LogP contribution in [0, 0.1) is 0 Å². The number of amides is 1. The second-order valence-corrected chi connectivity index (χ2v) is 7.13. The van der Waals surface area contributed by atoms with Crippen LogP contribution in [0.25, 0.3) is 10.2 Å². The molecule has 0 aliphatic carbocycles. The van der Waals surface area contributed by atoms with E-state index in [2.05, 4.69) is 26.2 Å². The molecule has 0 fully saturated rings. The Balaban J connectivity index is 1.54.